The second kappa shape index (κ2) is 18.2. The first-order chi connectivity index (χ1) is 20.2. The number of nitrogen functional groups attached to an aromatic ring is 1. The second-order valence-electron chi connectivity index (χ2n) is 9.54. The summed E-state index contributed by atoms with van der Waals surface area (Å²) in [6, 6.07) is 21.6. The normalized spacial score (nSPS) is 10.5. The van der Waals surface area contributed by atoms with Crippen LogP contribution in [0.2, 0.25) is 4.08 Å². The summed E-state index contributed by atoms with van der Waals surface area (Å²) in [4.78, 5) is 39.5. The van der Waals surface area contributed by atoms with Gasteiger partial charge in [0.25, 0.3) is 0 Å². The quantitative estimate of drug-likeness (QED) is 0.0608. The summed E-state index contributed by atoms with van der Waals surface area (Å²) in [5.74, 6) is -0.218. The van der Waals surface area contributed by atoms with Crippen molar-refractivity contribution < 1.29 is 14.4 Å². The third-order valence-electron chi connectivity index (χ3n) is 6.23. The molecular formula is C30H34BrIN6O3Po. The summed E-state index contributed by atoms with van der Waals surface area (Å²) in [7, 11) is 0. The van der Waals surface area contributed by atoms with Crippen LogP contribution >= 0.6 is 33.9 Å². The van der Waals surface area contributed by atoms with Gasteiger partial charge >= 0.3 is 131 Å². The molecule has 0 aliphatic carbocycles. The van der Waals surface area contributed by atoms with Crippen LogP contribution in [0.5, 0.6) is 0 Å². The van der Waals surface area contributed by atoms with Gasteiger partial charge in [0.2, 0.25) is 5.91 Å². The van der Waals surface area contributed by atoms with Crippen molar-refractivity contribution in [3.63, 3.8) is 0 Å². The molecule has 0 aromatic heterocycles. The molecule has 0 bridgehead atoms. The molecule has 3 aromatic carbocycles. The minimum Gasteiger partial charge on any atom is -0.0608 e. The predicted octanol–water partition coefficient (Wildman–Crippen LogP) is 5.34. The number of hydrogen-bond acceptors (Lipinski definition) is 4. The summed E-state index contributed by atoms with van der Waals surface area (Å²) in [6.45, 7) is 1.01. The van der Waals surface area contributed by atoms with Gasteiger partial charge in [-0.3, -0.25) is 10.2 Å². The number of carbonyl (C=O) groups is 3. The molecule has 0 saturated carbocycles. The first-order valence-corrected chi connectivity index (χ1v) is 25.3. The van der Waals surface area contributed by atoms with Gasteiger partial charge in [0.1, 0.15) is 5.84 Å². The zero-order chi connectivity index (χ0) is 30.3. The third-order valence-corrected chi connectivity index (χ3v) is 12.3. The molecule has 0 unspecified atom stereocenters. The topological polar surface area (TPSA) is 140 Å². The van der Waals surface area contributed by atoms with E-state index in [-0.39, 0.29) is 43.5 Å². The number of rotatable bonds is 15. The molecule has 9 nitrogen and oxygen atoms in total. The van der Waals surface area contributed by atoms with Gasteiger partial charge in [-0.1, -0.05) is 28.1 Å². The van der Waals surface area contributed by atoms with Crippen LogP contribution in [0.3, 0.4) is 0 Å². The number of anilines is 1. The van der Waals surface area contributed by atoms with Crippen molar-refractivity contribution in [3.8, 4) is 0 Å². The van der Waals surface area contributed by atoms with Crippen LogP contribution in [0.15, 0.2) is 77.3 Å². The first kappa shape index (κ1) is 33.9. The Kier molecular flexibility index (Phi) is 14.7. The van der Waals surface area contributed by atoms with E-state index in [1.54, 1.807) is 29.2 Å². The van der Waals surface area contributed by atoms with E-state index < -0.39 is 6.03 Å². The van der Waals surface area contributed by atoms with E-state index in [0.29, 0.717) is 37.3 Å². The van der Waals surface area contributed by atoms with Crippen LogP contribution in [-0.4, -0.2) is 54.5 Å². The Morgan fingerprint density at radius 3 is 2.26 bits per heavy atom. The Morgan fingerprint density at radius 1 is 0.905 bits per heavy atom. The van der Waals surface area contributed by atoms with E-state index in [9.17, 15) is 14.4 Å². The van der Waals surface area contributed by atoms with Crippen molar-refractivity contribution in [2.75, 3.05) is 11.9 Å². The van der Waals surface area contributed by atoms with E-state index in [2.05, 4.69) is 49.8 Å². The Balaban J connectivity index is 1.58. The summed E-state index contributed by atoms with van der Waals surface area (Å²) in [6.07, 6.45) is 2.65. The number of hydrogen-bond donors (Lipinski definition) is 5. The minimum atomic E-state index is -0.514. The number of urea groups is 1. The zero-order valence-corrected chi connectivity index (χ0v) is 29.9. The molecule has 3 rings (SSSR count). The molecule has 42 heavy (non-hydrogen) atoms. The first-order valence-electron chi connectivity index (χ1n) is 13.3. The predicted molar refractivity (Wildman–Crippen MR) is 180 cm³/mol. The molecule has 0 fully saturated rings. The largest absolute Gasteiger partial charge is 0.0608 e. The molecule has 0 aliphatic heterocycles. The van der Waals surface area contributed by atoms with Crippen molar-refractivity contribution in [1.82, 2.24) is 15.5 Å². The van der Waals surface area contributed by atoms with E-state index in [4.69, 9.17) is 11.1 Å². The van der Waals surface area contributed by atoms with Gasteiger partial charge < -0.3 is 21.3 Å². The van der Waals surface area contributed by atoms with E-state index in [1.165, 1.54) is 4.08 Å². The van der Waals surface area contributed by atoms with Gasteiger partial charge in [-0.25, -0.2) is 4.79 Å². The Morgan fingerprint density at radius 2 is 1.60 bits per heavy atom. The molecule has 0 radical (unpaired) electrons. The Labute approximate surface area is 275 Å². The number of amidine groups is 1. The molecule has 3 aromatic rings. The molecule has 222 valence electrons. The average Bonchev–Trinajstić information content (AvgIpc) is 2.97. The maximum Gasteiger partial charge on any atom is 0.0461 e. The molecular weight excluding hydrogens is 908 g/mol. The number of halogens is 2. The van der Waals surface area contributed by atoms with Crippen LogP contribution < -0.4 is 21.7 Å². The van der Waals surface area contributed by atoms with Crippen molar-refractivity contribution in [2.24, 2.45) is 5.73 Å². The number of nitrogens with two attached hydrogens (primary N) is 1. The number of amides is 4. The fourth-order valence-electron chi connectivity index (χ4n) is 3.98. The maximum absolute atomic E-state index is 13.3. The van der Waals surface area contributed by atoms with E-state index >= 15 is 0 Å². The van der Waals surface area contributed by atoms with E-state index in [0.717, 1.165) is 34.0 Å². The summed E-state index contributed by atoms with van der Waals surface area (Å²) >= 11 is 5.83. The molecule has 6 N–H and O–H groups in total. The summed E-state index contributed by atoms with van der Waals surface area (Å²) < 4.78 is 2.22. The molecule has 4 amide bonds. The fourth-order valence-corrected chi connectivity index (χ4v) is 8.38. The molecule has 0 heterocycles. The van der Waals surface area contributed by atoms with Crippen LogP contribution in [0.1, 0.15) is 41.5 Å². The zero-order valence-electron chi connectivity index (χ0n) is 23.0. The van der Waals surface area contributed by atoms with Crippen LogP contribution in [0.25, 0.3) is 0 Å². The standard InChI is InChI=1S/C30H34BrN6O3.HI.Po/c1-2-3-7-27(38)34-17-21-8-10-22(11-9-21)19-37(20-23-5-4-6-25(31)16-23)28(39)18-35-30(40)36-26-14-12-24(13-15-26)29(32)33;;/h4-6,8-16H,1-3,7,17-20H2,(H3,32,33)(H,34,38)(H2,35,36,40);1H;/q;;+1/p-1. The average molecular weight is 942 g/mol. The number of nitrogens with zero attached hydrogens (tertiary/aromatic N) is 1. The van der Waals surface area contributed by atoms with Gasteiger partial charge in [0, 0.05) is 22.3 Å². The fraction of sp³-hybridized carbons (Fsp3) is 0.267. The Hall–Kier alpha value is -2.55. The second-order valence-corrected chi connectivity index (χ2v) is 18.4. The minimum absolute atomic E-state index is 0.0576. The van der Waals surface area contributed by atoms with Gasteiger partial charge in [0.15, 0.2) is 0 Å². The van der Waals surface area contributed by atoms with Crippen molar-refractivity contribution in [1.29, 1.82) is 5.41 Å². The van der Waals surface area contributed by atoms with Gasteiger partial charge in [0.05, 0.1) is 6.54 Å². The SMILES string of the molecule is N=C(N)c1ccc(NC(=O)NCC(=O)N(Cc2ccc(CNC(=O)CCC[CH2][Po][I])cc2)Cc2cccc(Br)c2)cc1. The van der Waals surface area contributed by atoms with Gasteiger partial charge in [-0.05, 0) is 42.0 Å². The maximum atomic E-state index is 13.3. The third kappa shape index (κ3) is 12.4. The number of nitrogens with one attached hydrogen (secondary N) is 4. The number of unbranched alkanes of at least 4 members (excludes halogenated alkanes) is 1. The monoisotopic (exact) mass is 941 g/mol. The van der Waals surface area contributed by atoms with Gasteiger partial charge in [-0.2, -0.15) is 0 Å². The number of benzene rings is 3. The molecule has 0 spiro atoms. The van der Waals surface area contributed by atoms with Crippen LogP contribution in [0, 0.1) is 5.41 Å². The number of carbonyl (C=O) groups excluding carboxylic acids is 3. The van der Waals surface area contributed by atoms with Crippen molar-refractivity contribution in [3.05, 3.63) is 99.5 Å². The van der Waals surface area contributed by atoms with Crippen LogP contribution in [0.4, 0.5) is 10.5 Å². The van der Waals surface area contributed by atoms with Crippen LogP contribution in [-0.2, 0) is 29.2 Å². The molecule has 0 atom stereocenters. The molecule has 12 heteroatoms. The molecule has 0 aliphatic rings. The van der Waals surface area contributed by atoms with Crippen molar-refractivity contribution in [2.45, 2.75) is 43.0 Å². The van der Waals surface area contributed by atoms with E-state index in [1.807, 2.05) is 48.5 Å². The van der Waals surface area contributed by atoms with Gasteiger partial charge in [-0.15, -0.1) is 0 Å². The smallest absolute Gasteiger partial charge is 0.0461 e. The molecule has 0 saturated heterocycles. The summed E-state index contributed by atoms with van der Waals surface area (Å²) in [5.41, 5.74) is 9.43. The Bertz CT molecular complexity index is 1360. The summed E-state index contributed by atoms with van der Waals surface area (Å²) in [5, 5.41) is 15.8. The van der Waals surface area contributed by atoms with Crippen molar-refractivity contribution >= 4 is 82.6 Å².